The number of nitrogens with one attached hydrogen (secondary N) is 1. The molecule has 1 amide bonds. The fraction of sp³-hybridized carbons (Fsp3) is 0.154. The summed E-state index contributed by atoms with van der Waals surface area (Å²) in [7, 11) is 0. The Morgan fingerprint density at radius 3 is 2.79 bits per heavy atom. The lowest BCUT2D eigenvalue weighted by Gasteiger charge is -2.10. The van der Waals surface area contributed by atoms with Crippen molar-refractivity contribution in [2.24, 2.45) is 5.73 Å². The lowest BCUT2D eigenvalue weighted by atomic mass is 10.1. The van der Waals surface area contributed by atoms with E-state index in [9.17, 15) is 9.18 Å². The van der Waals surface area contributed by atoms with Crippen LogP contribution in [0.2, 0.25) is 0 Å². The van der Waals surface area contributed by atoms with Crippen molar-refractivity contribution < 1.29 is 13.6 Å². The van der Waals surface area contributed by atoms with Crippen molar-refractivity contribution in [1.29, 1.82) is 0 Å². The molecule has 4 nitrogen and oxygen atoms in total. The van der Waals surface area contributed by atoms with Gasteiger partial charge in [-0.1, -0.05) is 0 Å². The zero-order valence-electron chi connectivity index (χ0n) is 10.2. The summed E-state index contributed by atoms with van der Waals surface area (Å²) < 4.78 is 19.8. The maximum atomic E-state index is 13.7. The van der Waals surface area contributed by atoms with Crippen molar-refractivity contribution >= 4 is 34.2 Å². The molecule has 1 heterocycles. The van der Waals surface area contributed by atoms with Crippen LogP contribution in [0.3, 0.4) is 0 Å². The van der Waals surface area contributed by atoms with Crippen LogP contribution in [0, 0.1) is 16.5 Å². The Labute approximate surface area is 123 Å². The van der Waals surface area contributed by atoms with Gasteiger partial charge >= 0.3 is 0 Å². The van der Waals surface area contributed by atoms with Gasteiger partial charge in [0.05, 0.1) is 6.54 Å². The van der Waals surface area contributed by atoms with Crippen molar-refractivity contribution in [2.75, 3.05) is 5.32 Å². The highest BCUT2D eigenvalue weighted by atomic mass is 127. The molecule has 2 rings (SSSR count). The lowest BCUT2D eigenvalue weighted by molar-refractivity contribution is 0.1000. The maximum Gasteiger partial charge on any atom is 0.248 e. The van der Waals surface area contributed by atoms with Crippen LogP contribution in [0.4, 0.5) is 10.1 Å². The van der Waals surface area contributed by atoms with Crippen LogP contribution >= 0.6 is 22.6 Å². The summed E-state index contributed by atoms with van der Waals surface area (Å²) in [5, 5.41) is 3.03. The molecule has 0 fully saturated rings. The molecule has 0 atom stereocenters. The van der Waals surface area contributed by atoms with Gasteiger partial charge in [0.1, 0.15) is 11.6 Å². The Morgan fingerprint density at radius 2 is 2.21 bits per heavy atom. The van der Waals surface area contributed by atoms with E-state index in [-0.39, 0.29) is 5.56 Å². The lowest BCUT2D eigenvalue weighted by Crippen LogP contribution is -2.13. The van der Waals surface area contributed by atoms with Crippen molar-refractivity contribution in [3.63, 3.8) is 0 Å². The third kappa shape index (κ3) is 3.25. The number of rotatable bonds is 4. The second-order valence-electron chi connectivity index (χ2n) is 4.05. The van der Waals surface area contributed by atoms with Crippen molar-refractivity contribution in [1.82, 2.24) is 0 Å². The zero-order chi connectivity index (χ0) is 14.0. The first-order valence-corrected chi connectivity index (χ1v) is 6.63. The van der Waals surface area contributed by atoms with Crippen LogP contribution in [0.1, 0.15) is 21.7 Å². The van der Waals surface area contributed by atoms with E-state index in [2.05, 4.69) is 27.9 Å². The number of hydrogen-bond donors (Lipinski definition) is 2. The molecule has 0 radical (unpaired) electrons. The minimum atomic E-state index is -0.658. The standard InChI is InChI=1S/C13H12FIN2O2/c1-7-10(14)4-8(13(16)18)5-11(7)17-6-9-2-3-12(15)19-9/h2-5,17H,6H2,1H3,(H2,16,18). The third-order valence-electron chi connectivity index (χ3n) is 2.71. The van der Waals surface area contributed by atoms with Crippen LogP contribution in [-0.4, -0.2) is 5.91 Å². The number of amides is 1. The van der Waals surface area contributed by atoms with Crippen LogP contribution in [-0.2, 0) is 6.54 Å². The zero-order valence-corrected chi connectivity index (χ0v) is 12.3. The molecule has 3 N–H and O–H groups in total. The molecular formula is C13H12FIN2O2. The Morgan fingerprint density at radius 1 is 1.47 bits per heavy atom. The summed E-state index contributed by atoms with van der Waals surface area (Å²) in [5.41, 5.74) is 6.26. The molecule has 2 aromatic rings. The average Bonchev–Trinajstić information content (AvgIpc) is 2.76. The van der Waals surface area contributed by atoms with Gasteiger partial charge in [-0.2, -0.15) is 0 Å². The summed E-state index contributed by atoms with van der Waals surface area (Å²) >= 11 is 2.07. The number of primary amides is 1. The van der Waals surface area contributed by atoms with Gasteiger partial charge in [-0.25, -0.2) is 4.39 Å². The number of anilines is 1. The monoisotopic (exact) mass is 374 g/mol. The molecular weight excluding hydrogens is 362 g/mol. The van der Waals surface area contributed by atoms with Gasteiger partial charge in [-0.05, 0) is 53.8 Å². The molecule has 6 heteroatoms. The van der Waals surface area contributed by atoms with Gasteiger partial charge in [0.25, 0.3) is 0 Å². The van der Waals surface area contributed by atoms with Gasteiger partial charge in [-0.3, -0.25) is 4.79 Å². The minimum absolute atomic E-state index is 0.139. The fourth-order valence-electron chi connectivity index (χ4n) is 1.63. The smallest absolute Gasteiger partial charge is 0.248 e. The topological polar surface area (TPSA) is 68.3 Å². The van der Waals surface area contributed by atoms with Crippen LogP contribution in [0.5, 0.6) is 0 Å². The number of halogens is 2. The molecule has 1 aromatic carbocycles. The van der Waals surface area contributed by atoms with Crippen molar-refractivity contribution in [2.45, 2.75) is 13.5 Å². The number of carbonyl (C=O) groups is 1. The highest BCUT2D eigenvalue weighted by molar-refractivity contribution is 14.1. The molecule has 19 heavy (non-hydrogen) atoms. The number of benzene rings is 1. The maximum absolute atomic E-state index is 13.7. The molecule has 0 aliphatic carbocycles. The van der Waals surface area contributed by atoms with Crippen LogP contribution < -0.4 is 11.1 Å². The van der Waals surface area contributed by atoms with Crippen LogP contribution in [0.15, 0.2) is 28.7 Å². The number of furan rings is 1. The summed E-state index contributed by atoms with van der Waals surface area (Å²) in [5.74, 6) is -0.393. The normalized spacial score (nSPS) is 10.5. The van der Waals surface area contributed by atoms with E-state index in [0.717, 1.165) is 15.6 Å². The van der Waals surface area contributed by atoms with Crippen molar-refractivity contribution in [3.05, 3.63) is 50.7 Å². The van der Waals surface area contributed by atoms with Crippen LogP contribution in [0.25, 0.3) is 0 Å². The largest absolute Gasteiger partial charge is 0.454 e. The van der Waals surface area contributed by atoms with Gasteiger partial charge in [0, 0.05) is 16.8 Å². The Bertz CT molecular complexity index is 625. The molecule has 0 unspecified atom stereocenters. The first kappa shape index (κ1) is 13.9. The average molecular weight is 374 g/mol. The number of hydrogen-bond acceptors (Lipinski definition) is 3. The summed E-state index contributed by atoms with van der Waals surface area (Å²) in [6.45, 7) is 2.04. The molecule has 0 saturated heterocycles. The van der Waals surface area contributed by atoms with Gasteiger partial charge < -0.3 is 15.5 Å². The van der Waals surface area contributed by atoms with Crippen molar-refractivity contribution in [3.8, 4) is 0 Å². The molecule has 1 aromatic heterocycles. The van der Waals surface area contributed by atoms with Gasteiger partial charge in [0.15, 0.2) is 3.77 Å². The molecule has 0 bridgehead atoms. The summed E-state index contributed by atoms with van der Waals surface area (Å²) in [6.07, 6.45) is 0. The second-order valence-corrected chi connectivity index (χ2v) is 5.12. The Kier molecular flexibility index (Phi) is 4.08. The molecule has 0 spiro atoms. The second kappa shape index (κ2) is 5.60. The van der Waals surface area contributed by atoms with E-state index < -0.39 is 11.7 Å². The quantitative estimate of drug-likeness (QED) is 0.809. The third-order valence-corrected chi connectivity index (χ3v) is 3.29. The number of nitrogens with two attached hydrogens (primary N) is 1. The van der Waals surface area contributed by atoms with E-state index in [1.54, 1.807) is 6.92 Å². The minimum Gasteiger partial charge on any atom is -0.454 e. The van der Waals surface area contributed by atoms with E-state index in [0.29, 0.717) is 17.8 Å². The van der Waals surface area contributed by atoms with E-state index in [4.69, 9.17) is 10.2 Å². The summed E-state index contributed by atoms with van der Waals surface area (Å²) in [4.78, 5) is 11.1. The molecule has 0 saturated carbocycles. The highest BCUT2D eigenvalue weighted by Gasteiger charge is 2.10. The molecule has 0 aliphatic rings. The molecule has 0 aliphatic heterocycles. The highest BCUT2D eigenvalue weighted by Crippen LogP contribution is 2.22. The number of carbonyl (C=O) groups excluding carboxylic acids is 1. The predicted molar refractivity (Wildman–Crippen MR) is 78.4 cm³/mol. The molecule has 100 valence electrons. The first-order chi connectivity index (χ1) is 8.97. The Balaban J connectivity index is 2.21. The predicted octanol–water partition coefficient (Wildman–Crippen LogP) is 3.04. The van der Waals surface area contributed by atoms with E-state index >= 15 is 0 Å². The van der Waals surface area contributed by atoms with Gasteiger partial charge in [-0.15, -0.1) is 0 Å². The fourth-order valence-corrected chi connectivity index (χ4v) is 2.10. The first-order valence-electron chi connectivity index (χ1n) is 5.55. The SMILES string of the molecule is Cc1c(F)cc(C(N)=O)cc1NCc1ccc(I)o1. The Hall–Kier alpha value is -1.57. The van der Waals surface area contributed by atoms with E-state index in [1.165, 1.54) is 6.07 Å². The summed E-state index contributed by atoms with van der Waals surface area (Å²) in [6, 6.07) is 6.34. The van der Waals surface area contributed by atoms with E-state index in [1.807, 2.05) is 12.1 Å². The van der Waals surface area contributed by atoms with Gasteiger partial charge in [0.2, 0.25) is 5.91 Å².